The molecule has 15 heavy (non-hydrogen) atoms. The maximum absolute atomic E-state index is 4.46. The van der Waals surface area contributed by atoms with Gasteiger partial charge in [-0.2, -0.15) is 0 Å². The highest BCUT2D eigenvalue weighted by Gasteiger charge is 1.95. The Balaban J connectivity index is 2.47. The van der Waals surface area contributed by atoms with E-state index >= 15 is 0 Å². The van der Waals surface area contributed by atoms with Gasteiger partial charge < -0.3 is 0 Å². The second-order valence-electron chi connectivity index (χ2n) is 3.46. The van der Waals surface area contributed by atoms with E-state index in [1.807, 2.05) is 13.0 Å². The molecule has 0 unspecified atom stereocenters. The molecule has 0 aliphatic rings. The van der Waals surface area contributed by atoms with Crippen LogP contribution in [0, 0.1) is 6.92 Å². The van der Waals surface area contributed by atoms with Crippen molar-refractivity contribution in [1.82, 2.24) is 4.98 Å². The molecule has 0 amide bonds. The molecule has 2 aromatic rings. The predicted molar refractivity (Wildman–Crippen MR) is 69.3 cm³/mol. The molecular formula is C13H12BrN. The molecule has 76 valence electrons. The quantitative estimate of drug-likeness (QED) is 0.747. The number of hydrogen-bond acceptors (Lipinski definition) is 1. The number of benzene rings is 1. The third-order valence-corrected chi connectivity index (χ3v) is 2.63. The third-order valence-electron chi connectivity index (χ3n) is 2.25. The summed E-state index contributed by atoms with van der Waals surface area (Å²) < 4.78 is 0. The van der Waals surface area contributed by atoms with Gasteiger partial charge in [0.2, 0.25) is 0 Å². The van der Waals surface area contributed by atoms with Gasteiger partial charge in [0.05, 0.1) is 5.52 Å². The third kappa shape index (κ3) is 2.45. The van der Waals surface area contributed by atoms with Crippen LogP contribution in [-0.4, -0.2) is 10.3 Å². The minimum absolute atomic E-state index is 0.886. The topological polar surface area (TPSA) is 12.9 Å². The first-order valence-electron chi connectivity index (χ1n) is 4.89. The van der Waals surface area contributed by atoms with E-state index in [1.165, 1.54) is 10.9 Å². The Morgan fingerprint density at radius 3 is 2.93 bits per heavy atom. The molecule has 0 atom stereocenters. The molecule has 0 radical (unpaired) electrons. The van der Waals surface area contributed by atoms with Crippen LogP contribution in [0.5, 0.6) is 0 Å². The van der Waals surface area contributed by atoms with Crippen molar-refractivity contribution in [2.24, 2.45) is 0 Å². The molecule has 1 aromatic carbocycles. The van der Waals surface area contributed by atoms with Crippen LogP contribution < -0.4 is 0 Å². The van der Waals surface area contributed by atoms with Crippen LogP contribution in [0.3, 0.4) is 0 Å². The van der Waals surface area contributed by atoms with E-state index < -0.39 is 0 Å². The predicted octanol–water partition coefficient (Wildman–Crippen LogP) is 3.95. The van der Waals surface area contributed by atoms with Gasteiger partial charge in [-0.3, -0.25) is 4.98 Å². The molecule has 2 heteroatoms. The summed E-state index contributed by atoms with van der Waals surface area (Å²) in [7, 11) is 0. The lowest BCUT2D eigenvalue weighted by atomic mass is 10.1. The summed E-state index contributed by atoms with van der Waals surface area (Å²) in [5, 5.41) is 2.08. The summed E-state index contributed by atoms with van der Waals surface area (Å²) in [6.07, 6.45) is 4.19. The van der Waals surface area contributed by atoms with E-state index in [2.05, 4.69) is 57.3 Å². The first kappa shape index (κ1) is 10.4. The fourth-order valence-electron chi connectivity index (χ4n) is 1.53. The maximum Gasteiger partial charge on any atom is 0.0705 e. The van der Waals surface area contributed by atoms with Gasteiger partial charge in [0, 0.05) is 16.4 Å². The number of alkyl halides is 1. The number of aromatic nitrogens is 1. The van der Waals surface area contributed by atoms with Gasteiger partial charge in [0.1, 0.15) is 0 Å². The van der Waals surface area contributed by atoms with E-state index in [9.17, 15) is 0 Å². The fraction of sp³-hybridized carbons (Fsp3) is 0.154. The molecular weight excluding hydrogens is 250 g/mol. The van der Waals surface area contributed by atoms with Crippen molar-refractivity contribution in [2.75, 3.05) is 5.33 Å². The monoisotopic (exact) mass is 261 g/mol. The zero-order chi connectivity index (χ0) is 10.7. The van der Waals surface area contributed by atoms with Crippen LogP contribution in [0.15, 0.2) is 36.4 Å². The van der Waals surface area contributed by atoms with Crippen LogP contribution in [-0.2, 0) is 0 Å². The fourth-order valence-corrected chi connectivity index (χ4v) is 1.72. The van der Waals surface area contributed by atoms with E-state index in [-0.39, 0.29) is 0 Å². The summed E-state index contributed by atoms with van der Waals surface area (Å²) in [5.41, 5.74) is 3.34. The Kier molecular flexibility index (Phi) is 3.17. The average Bonchev–Trinajstić information content (AvgIpc) is 2.26. The highest BCUT2D eigenvalue weighted by molar-refractivity contribution is 9.09. The highest BCUT2D eigenvalue weighted by Crippen LogP contribution is 2.15. The lowest BCUT2D eigenvalue weighted by molar-refractivity contribution is 1.26. The minimum Gasteiger partial charge on any atom is -0.253 e. The molecule has 0 spiro atoms. The van der Waals surface area contributed by atoms with Crippen molar-refractivity contribution in [2.45, 2.75) is 6.92 Å². The molecule has 0 aliphatic carbocycles. The number of allylic oxidation sites excluding steroid dienone is 1. The van der Waals surface area contributed by atoms with Crippen molar-refractivity contribution in [1.29, 1.82) is 0 Å². The summed E-state index contributed by atoms with van der Waals surface area (Å²) in [5.74, 6) is 0. The van der Waals surface area contributed by atoms with Gasteiger partial charge in [-0.15, -0.1) is 0 Å². The van der Waals surface area contributed by atoms with Crippen molar-refractivity contribution in [3.63, 3.8) is 0 Å². The Morgan fingerprint density at radius 2 is 2.13 bits per heavy atom. The van der Waals surface area contributed by atoms with Crippen LogP contribution >= 0.6 is 15.9 Å². The molecule has 1 heterocycles. The van der Waals surface area contributed by atoms with E-state index in [0.717, 1.165) is 16.5 Å². The molecule has 0 fully saturated rings. The lowest BCUT2D eigenvalue weighted by Crippen LogP contribution is -1.83. The zero-order valence-corrected chi connectivity index (χ0v) is 10.2. The molecule has 0 saturated heterocycles. The number of halogens is 1. The number of aryl methyl sites for hydroxylation is 1. The Labute approximate surface area is 98.0 Å². The number of fused-ring (bicyclic) bond motifs is 1. The second-order valence-corrected chi connectivity index (χ2v) is 4.11. The van der Waals surface area contributed by atoms with Crippen molar-refractivity contribution in [3.05, 3.63) is 47.7 Å². The van der Waals surface area contributed by atoms with Gasteiger partial charge in [-0.05, 0) is 30.7 Å². The van der Waals surface area contributed by atoms with Gasteiger partial charge in [-0.1, -0.05) is 40.2 Å². The van der Waals surface area contributed by atoms with Crippen LogP contribution in [0.2, 0.25) is 0 Å². The first-order chi connectivity index (χ1) is 7.29. The molecule has 1 aromatic heterocycles. The Bertz CT molecular complexity index is 503. The van der Waals surface area contributed by atoms with Gasteiger partial charge in [-0.25, -0.2) is 0 Å². The SMILES string of the molecule is Cc1ccc2cc(C=CCBr)ccc2n1. The summed E-state index contributed by atoms with van der Waals surface area (Å²) in [4.78, 5) is 4.46. The normalized spacial score (nSPS) is 11.3. The number of nitrogens with zero attached hydrogens (tertiary/aromatic N) is 1. The maximum atomic E-state index is 4.46. The average molecular weight is 262 g/mol. The van der Waals surface area contributed by atoms with Crippen LogP contribution in [0.1, 0.15) is 11.3 Å². The molecule has 0 bridgehead atoms. The smallest absolute Gasteiger partial charge is 0.0705 e. The van der Waals surface area contributed by atoms with Crippen LogP contribution in [0.4, 0.5) is 0 Å². The summed E-state index contributed by atoms with van der Waals surface area (Å²) >= 11 is 3.37. The largest absolute Gasteiger partial charge is 0.253 e. The Hall–Kier alpha value is -1.15. The first-order valence-corrected chi connectivity index (χ1v) is 6.01. The van der Waals surface area contributed by atoms with E-state index in [1.54, 1.807) is 0 Å². The molecule has 1 nitrogen and oxygen atoms in total. The lowest BCUT2D eigenvalue weighted by Gasteiger charge is -2.00. The van der Waals surface area contributed by atoms with E-state index in [0.29, 0.717) is 0 Å². The van der Waals surface area contributed by atoms with Crippen LogP contribution in [0.25, 0.3) is 17.0 Å². The number of rotatable bonds is 2. The number of hydrogen-bond donors (Lipinski definition) is 0. The van der Waals surface area contributed by atoms with Crippen molar-refractivity contribution in [3.8, 4) is 0 Å². The summed E-state index contributed by atoms with van der Waals surface area (Å²) in [6.45, 7) is 2.01. The molecule has 2 rings (SSSR count). The standard InChI is InChI=1S/C13H12BrN/c1-10-4-6-12-9-11(3-2-8-14)5-7-13(12)15-10/h2-7,9H,8H2,1H3. The highest BCUT2D eigenvalue weighted by atomic mass is 79.9. The van der Waals surface area contributed by atoms with Crippen molar-refractivity contribution >= 4 is 32.9 Å². The van der Waals surface area contributed by atoms with E-state index in [4.69, 9.17) is 0 Å². The summed E-state index contributed by atoms with van der Waals surface area (Å²) in [6, 6.07) is 10.5. The minimum atomic E-state index is 0.886. The molecule has 0 aliphatic heterocycles. The zero-order valence-electron chi connectivity index (χ0n) is 8.57. The van der Waals surface area contributed by atoms with Gasteiger partial charge in [0.25, 0.3) is 0 Å². The van der Waals surface area contributed by atoms with Crippen molar-refractivity contribution < 1.29 is 0 Å². The number of pyridine rings is 1. The Morgan fingerprint density at radius 1 is 1.27 bits per heavy atom. The van der Waals surface area contributed by atoms with Gasteiger partial charge in [0.15, 0.2) is 0 Å². The second kappa shape index (κ2) is 4.58. The van der Waals surface area contributed by atoms with Gasteiger partial charge >= 0.3 is 0 Å². The molecule has 0 saturated carbocycles. The molecule has 0 N–H and O–H groups in total.